The molecule has 21 heavy (non-hydrogen) atoms. The molecule has 2 fully saturated rings. The van der Waals surface area contributed by atoms with E-state index in [-0.39, 0.29) is 18.4 Å². The summed E-state index contributed by atoms with van der Waals surface area (Å²) in [5.41, 5.74) is 0. The normalized spacial score (nSPS) is 20.8. The summed E-state index contributed by atoms with van der Waals surface area (Å²) >= 11 is 0. The van der Waals surface area contributed by atoms with Gasteiger partial charge in [-0.15, -0.1) is 0 Å². The number of hydrogen-bond acceptors (Lipinski definition) is 2. The van der Waals surface area contributed by atoms with E-state index >= 15 is 0 Å². The molecule has 118 valence electrons. The lowest BCUT2D eigenvalue weighted by Gasteiger charge is -2.31. The molecule has 1 aliphatic carbocycles. The summed E-state index contributed by atoms with van der Waals surface area (Å²) in [6, 6.07) is 0. The summed E-state index contributed by atoms with van der Waals surface area (Å²) in [6.45, 7) is 1.07. The van der Waals surface area contributed by atoms with Gasteiger partial charge >= 0.3 is 12.1 Å². The Hall–Kier alpha value is -1.53. The second-order valence-corrected chi connectivity index (χ2v) is 5.67. The smallest absolute Gasteiger partial charge is 0.348 e. The number of carbonyl (C=O) groups excluding carboxylic acids is 2. The molecule has 0 aromatic rings. The average molecular weight is 304 g/mol. The SMILES string of the molecule is O=C(/C=C/C1CC1)N1CCC(CNC(=O)C(F)(F)F)CC1. The first-order chi connectivity index (χ1) is 9.86. The molecule has 0 aromatic carbocycles. The van der Waals surface area contributed by atoms with Crippen LogP contribution < -0.4 is 5.32 Å². The molecule has 2 amide bonds. The van der Waals surface area contributed by atoms with E-state index in [1.165, 1.54) is 0 Å². The third-order valence-corrected chi connectivity index (χ3v) is 3.87. The topological polar surface area (TPSA) is 49.4 Å². The van der Waals surface area contributed by atoms with E-state index in [4.69, 9.17) is 0 Å². The minimum absolute atomic E-state index is 0.00670. The van der Waals surface area contributed by atoms with Gasteiger partial charge in [-0.2, -0.15) is 13.2 Å². The molecule has 4 nitrogen and oxygen atoms in total. The van der Waals surface area contributed by atoms with Gasteiger partial charge in [0, 0.05) is 19.6 Å². The number of likely N-dealkylation sites (tertiary alicyclic amines) is 1. The Labute approximate surface area is 121 Å². The second kappa shape index (κ2) is 6.49. The maximum Gasteiger partial charge on any atom is 0.471 e. The molecule has 1 heterocycles. The van der Waals surface area contributed by atoms with Crippen LogP contribution in [0.3, 0.4) is 0 Å². The maximum absolute atomic E-state index is 12.1. The largest absolute Gasteiger partial charge is 0.471 e. The van der Waals surface area contributed by atoms with E-state index in [9.17, 15) is 22.8 Å². The fourth-order valence-electron chi connectivity index (χ4n) is 2.31. The van der Waals surface area contributed by atoms with Gasteiger partial charge in [-0.3, -0.25) is 9.59 Å². The number of nitrogens with one attached hydrogen (secondary N) is 1. The average Bonchev–Trinajstić information content (AvgIpc) is 3.25. The number of nitrogens with zero attached hydrogens (tertiary/aromatic N) is 1. The van der Waals surface area contributed by atoms with Crippen molar-refractivity contribution in [1.82, 2.24) is 10.2 Å². The number of piperidine rings is 1. The molecule has 0 spiro atoms. The van der Waals surface area contributed by atoms with Crippen molar-refractivity contribution in [2.45, 2.75) is 31.9 Å². The number of halogens is 3. The predicted octanol–water partition coefficient (Wildman–Crippen LogP) is 1.87. The van der Waals surface area contributed by atoms with Gasteiger partial charge in [-0.1, -0.05) is 6.08 Å². The van der Waals surface area contributed by atoms with Gasteiger partial charge in [0.1, 0.15) is 0 Å². The molecular formula is C14H19F3N2O2. The maximum atomic E-state index is 12.1. The molecule has 0 bridgehead atoms. The highest BCUT2D eigenvalue weighted by Crippen LogP contribution is 2.30. The minimum Gasteiger partial charge on any atom is -0.348 e. The van der Waals surface area contributed by atoms with Crippen molar-refractivity contribution in [2.24, 2.45) is 11.8 Å². The van der Waals surface area contributed by atoms with Gasteiger partial charge in [-0.25, -0.2) is 0 Å². The van der Waals surface area contributed by atoms with Gasteiger partial charge in [0.05, 0.1) is 0 Å². The summed E-state index contributed by atoms with van der Waals surface area (Å²) in [5, 5.41) is 1.90. The van der Waals surface area contributed by atoms with Crippen molar-refractivity contribution in [1.29, 1.82) is 0 Å². The molecule has 0 atom stereocenters. The number of amides is 2. The Morgan fingerprint density at radius 2 is 1.76 bits per heavy atom. The van der Waals surface area contributed by atoms with Crippen molar-refractivity contribution < 1.29 is 22.8 Å². The predicted molar refractivity (Wildman–Crippen MR) is 70.2 cm³/mol. The number of allylic oxidation sites excluding steroid dienone is 1. The zero-order valence-corrected chi connectivity index (χ0v) is 11.7. The fraction of sp³-hybridized carbons (Fsp3) is 0.714. The lowest BCUT2D eigenvalue weighted by atomic mass is 9.96. The summed E-state index contributed by atoms with van der Waals surface area (Å²) < 4.78 is 36.2. The molecule has 1 saturated carbocycles. The first kappa shape index (κ1) is 15.9. The summed E-state index contributed by atoms with van der Waals surface area (Å²) in [7, 11) is 0. The zero-order valence-electron chi connectivity index (χ0n) is 11.7. The summed E-state index contributed by atoms with van der Waals surface area (Å²) in [6.07, 6.45) is 2.21. The number of rotatable bonds is 4. The van der Waals surface area contributed by atoms with Gasteiger partial charge < -0.3 is 10.2 Å². The molecular weight excluding hydrogens is 285 g/mol. The van der Waals surface area contributed by atoms with Crippen molar-refractivity contribution in [3.8, 4) is 0 Å². The lowest BCUT2D eigenvalue weighted by Crippen LogP contribution is -2.43. The highest BCUT2D eigenvalue weighted by atomic mass is 19.4. The van der Waals surface area contributed by atoms with Crippen LogP contribution in [0.5, 0.6) is 0 Å². The van der Waals surface area contributed by atoms with E-state index in [0.717, 1.165) is 12.8 Å². The molecule has 2 aliphatic rings. The van der Waals surface area contributed by atoms with E-state index in [2.05, 4.69) is 0 Å². The van der Waals surface area contributed by atoms with Crippen molar-refractivity contribution in [2.75, 3.05) is 19.6 Å². The van der Waals surface area contributed by atoms with Crippen LogP contribution in [-0.2, 0) is 9.59 Å². The van der Waals surface area contributed by atoms with Gasteiger partial charge in [-0.05, 0) is 43.6 Å². The van der Waals surface area contributed by atoms with Crippen LogP contribution in [0.1, 0.15) is 25.7 Å². The quantitative estimate of drug-likeness (QED) is 0.806. The van der Waals surface area contributed by atoms with Gasteiger partial charge in [0.2, 0.25) is 5.91 Å². The fourth-order valence-corrected chi connectivity index (χ4v) is 2.31. The Morgan fingerprint density at radius 1 is 1.14 bits per heavy atom. The van der Waals surface area contributed by atoms with Crippen LogP contribution in [0.25, 0.3) is 0 Å². The van der Waals surface area contributed by atoms with E-state index < -0.39 is 12.1 Å². The van der Waals surface area contributed by atoms with Crippen molar-refractivity contribution >= 4 is 11.8 Å². The van der Waals surface area contributed by atoms with Crippen LogP contribution in [0.15, 0.2) is 12.2 Å². The Kier molecular flexibility index (Phi) is 4.90. The molecule has 1 aliphatic heterocycles. The summed E-state index contributed by atoms with van der Waals surface area (Å²) in [4.78, 5) is 24.3. The van der Waals surface area contributed by atoms with Crippen LogP contribution in [0, 0.1) is 11.8 Å². The van der Waals surface area contributed by atoms with Crippen LogP contribution >= 0.6 is 0 Å². The minimum atomic E-state index is -4.83. The van der Waals surface area contributed by atoms with Crippen molar-refractivity contribution in [3.05, 3.63) is 12.2 Å². The molecule has 0 aromatic heterocycles. The Morgan fingerprint density at radius 3 is 2.29 bits per heavy atom. The lowest BCUT2D eigenvalue weighted by molar-refractivity contribution is -0.173. The second-order valence-electron chi connectivity index (χ2n) is 5.67. The first-order valence-electron chi connectivity index (χ1n) is 7.18. The van der Waals surface area contributed by atoms with Crippen LogP contribution in [0.2, 0.25) is 0 Å². The molecule has 1 saturated heterocycles. The van der Waals surface area contributed by atoms with Gasteiger partial charge in [0.25, 0.3) is 0 Å². The first-order valence-corrected chi connectivity index (χ1v) is 7.18. The van der Waals surface area contributed by atoms with E-state index in [0.29, 0.717) is 31.8 Å². The van der Waals surface area contributed by atoms with Crippen LogP contribution in [-0.4, -0.2) is 42.5 Å². The Bertz CT molecular complexity index is 422. The Balaban J connectivity index is 1.68. The van der Waals surface area contributed by atoms with Crippen LogP contribution in [0.4, 0.5) is 13.2 Å². The number of hydrogen-bond donors (Lipinski definition) is 1. The highest BCUT2D eigenvalue weighted by molar-refractivity contribution is 5.87. The van der Waals surface area contributed by atoms with E-state index in [1.54, 1.807) is 11.0 Å². The van der Waals surface area contributed by atoms with Gasteiger partial charge in [0.15, 0.2) is 0 Å². The monoisotopic (exact) mass is 304 g/mol. The molecule has 1 N–H and O–H groups in total. The third kappa shape index (κ3) is 5.06. The summed E-state index contributed by atoms with van der Waals surface area (Å²) in [5.74, 6) is -1.38. The van der Waals surface area contributed by atoms with Crippen molar-refractivity contribution in [3.63, 3.8) is 0 Å². The standard InChI is InChI=1S/C14H19F3N2O2/c15-14(16,17)13(21)18-9-11-5-7-19(8-6-11)12(20)4-3-10-1-2-10/h3-4,10-11H,1-2,5-9H2,(H,18,21)/b4-3+. The molecule has 0 unspecified atom stereocenters. The molecule has 0 radical (unpaired) electrons. The number of alkyl halides is 3. The number of carbonyl (C=O) groups is 2. The van der Waals surface area contributed by atoms with E-state index in [1.807, 2.05) is 11.4 Å². The molecule has 7 heteroatoms. The zero-order chi connectivity index (χ0) is 15.5. The highest BCUT2D eigenvalue weighted by Gasteiger charge is 2.38. The third-order valence-electron chi connectivity index (χ3n) is 3.87. The molecule has 2 rings (SSSR count).